The van der Waals surface area contributed by atoms with Crippen LogP contribution >= 0.6 is 0 Å². The highest BCUT2D eigenvalue weighted by atomic mass is 14.8. The molecule has 3 nitrogen and oxygen atoms in total. The maximum absolute atomic E-state index is 7.83. The molecular formula is C3H7N3. The van der Waals surface area contributed by atoms with Gasteiger partial charge >= 0.3 is 0 Å². The molecule has 0 rings (SSSR count). The van der Waals surface area contributed by atoms with Crippen LogP contribution in [-0.2, 0) is 0 Å². The molecule has 0 aromatic rings. The van der Waals surface area contributed by atoms with Gasteiger partial charge in [-0.15, -0.1) is 0 Å². The minimum absolute atomic E-state index is 0.236. The summed E-state index contributed by atoms with van der Waals surface area (Å²) in [5.41, 5.74) is 9.92. The van der Waals surface area contributed by atoms with Crippen LogP contribution in [0.4, 0.5) is 0 Å². The lowest BCUT2D eigenvalue weighted by Gasteiger charge is -1.90. The smallest absolute Gasteiger partial charge is 0.0654 e. The predicted octanol–water partition coefficient (Wildman–Crippen LogP) is -0.856. The molecule has 0 bridgehead atoms. The summed E-state index contributed by atoms with van der Waals surface area (Å²) in [6.07, 6.45) is -0.227. The highest BCUT2D eigenvalue weighted by Gasteiger charge is 1.85. The van der Waals surface area contributed by atoms with Crippen molar-refractivity contribution in [1.29, 1.82) is 5.26 Å². The summed E-state index contributed by atoms with van der Waals surface area (Å²) >= 11 is 0. The summed E-state index contributed by atoms with van der Waals surface area (Å²) in [5.74, 6) is 0. The van der Waals surface area contributed by atoms with Crippen LogP contribution in [0, 0.1) is 11.3 Å². The van der Waals surface area contributed by atoms with Gasteiger partial charge < -0.3 is 11.5 Å². The second-order valence-electron chi connectivity index (χ2n) is 1.03. The molecule has 0 amide bonds. The van der Waals surface area contributed by atoms with Gasteiger partial charge in [0.25, 0.3) is 0 Å². The van der Waals surface area contributed by atoms with Crippen LogP contribution in [0.15, 0.2) is 0 Å². The lowest BCUT2D eigenvalue weighted by Crippen LogP contribution is -2.29. The van der Waals surface area contributed by atoms with Crippen LogP contribution in [0.5, 0.6) is 0 Å². The van der Waals surface area contributed by atoms with E-state index < -0.39 is 6.17 Å². The third-order valence-electron chi connectivity index (χ3n) is 0.327. The number of nitrogens with two attached hydrogens (primary N) is 2. The molecule has 0 saturated heterocycles. The van der Waals surface area contributed by atoms with Gasteiger partial charge in [-0.25, -0.2) is 0 Å². The Morgan fingerprint density at radius 3 is 2.17 bits per heavy atom. The Morgan fingerprint density at radius 2 is 2.17 bits per heavy atom. The number of nitriles is 1. The van der Waals surface area contributed by atoms with Crippen molar-refractivity contribution < 1.29 is 0 Å². The van der Waals surface area contributed by atoms with E-state index in [1.165, 1.54) is 0 Å². The number of rotatable bonds is 1. The van der Waals surface area contributed by atoms with Crippen molar-refractivity contribution >= 4 is 0 Å². The second kappa shape index (κ2) is 2.64. The monoisotopic (exact) mass is 85.1 g/mol. The molecule has 0 spiro atoms. The van der Waals surface area contributed by atoms with Gasteiger partial charge in [-0.2, -0.15) is 5.26 Å². The number of hydrogen-bond donors (Lipinski definition) is 2. The van der Waals surface area contributed by atoms with Crippen LogP contribution in [0.3, 0.4) is 0 Å². The summed E-state index contributed by atoms with van der Waals surface area (Å²) < 4.78 is 0. The van der Waals surface area contributed by atoms with Crippen LogP contribution in [0.1, 0.15) is 6.42 Å². The van der Waals surface area contributed by atoms with Gasteiger partial charge in [0.1, 0.15) is 0 Å². The fourth-order valence-electron chi connectivity index (χ4n) is 0.105. The standard InChI is InChI=1S/C3H7N3/c4-2-1-3(5)6/h3H,1,5-6H2. The van der Waals surface area contributed by atoms with Crippen molar-refractivity contribution in [2.45, 2.75) is 12.6 Å². The third kappa shape index (κ3) is 3.41. The average molecular weight is 85.1 g/mol. The first-order valence-corrected chi connectivity index (χ1v) is 1.65. The van der Waals surface area contributed by atoms with Crippen LogP contribution in [-0.4, -0.2) is 6.17 Å². The van der Waals surface area contributed by atoms with Gasteiger partial charge in [-0.3, -0.25) is 0 Å². The first kappa shape index (κ1) is 5.41. The molecule has 0 aliphatic carbocycles. The Kier molecular flexibility index (Phi) is 2.38. The summed E-state index contributed by atoms with van der Waals surface area (Å²) in [6.45, 7) is 0. The van der Waals surface area contributed by atoms with Gasteiger partial charge in [0.05, 0.1) is 18.7 Å². The molecule has 3 heteroatoms. The topological polar surface area (TPSA) is 75.8 Å². The molecule has 0 heterocycles. The number of hydrogen-bond acceptors (Lipinski definition) is 3. The molecule has 0 aromatic carbocycles. The quantitative estimate of drug-likeness (QED) is 0.407. The van der Waals surface area contributed by atoms with Crippen molar-refractivity contribution in [3.63, 3.8) is 0 Å². The molecular weight excluding hydrogens is 78.1 g/mol. The molecule has 0 saturated carbocycles. The SMILES string of the molecule is N#CCC(N)N. The maximum atomic E-state index is 7.83. The van der Waals surface area contributed by atoms with Crippen molar-refractivity contribution in [1.82, 2.24) is 0 Å². The third-order valence-corrected chi connectivity index (χ3v) is 0.327. The molecule has 0 unspecified atom stereocenters. The fourth-order valence-corrected chi connectivity index (χ4v) is 0.105. The van der Waals surface area contributed by atoms with Crippen molar-refractivity contribution in [3.8, 4) is 6.07 Å². The Labute approximate surface area is 36.5 Å². The lowest BCUT2D eigenvalue weighted by atomic mass is 10.4. The second-order valence-corrected chi connectivity index (χ2v) is 1.03. The fraction of sp³-hybridized carbons (Fsp3) is 0.667. The summed E-state index contributed by atoms with van der Waals surface area (Å²) in [6, 6.07) is 1.82. The number of nitrogens with zero attached hydrogens (tertiary/aromatic N) is 1. The van der Waals surface area contributed by atoms with Gasteiger partial charge in [0.15, 0.2) is 0 Å². The minimum atomic E-state index is -0.463. The summed E-state index contributed by atoms with van der Waals surface area (Å²) in [7, 11) is 0. The molecule has 4 N–H and O–H groups in total. The van der Waals surface area contributed by atoms with Gasteiger partial charge in [0.2, 0.25) is 0 Å². The average Bonchev–Trinajstić information content (AvgIpc) is 1.35. The van der Waals surface area contributed by atoms with E-state index in [2.05, 4.69) is 0 Å². The molecule has 0 atom stereocenters. The van der Waals surface area contributed by atoms with E-state index in [0.717, 1.165) is 0 Å². The predicted molar refractivity (Wildman–Crippen MR) is 22.4 cm³/mol. The van der Waals surface area contributed by atoms with Crippen molar-refractivity contribution in [3.05, 3.63) is 0 Å². The van der Waals surface area contributed by atoms with E-state index in [4.69, 9.17) is 16.7 Å². The summed E-state index contributed by atoms with van der Waals surface area (Å²) in [4.78, 5) is 0. The zero-order valence-electron chi connectivity index (χ0n) is 3.39. The Hall–Kier alpha value is -0.590. The molecule has 0 aliphatic rings. The Morgan fingerprint density at radius 1 is 1.67 bits per heavy atom. The van der Waals surface area contributed by atoms with E-state index in [1.807, 2.05) is 6.07 Å². The molecule has 0 fully saturated rings. The Bertz CT molecular complexity index is 60.9. The van der Waals surface area contributed by atoms with Crippen molar-refractivity contribution in [2.75, 3.05) is 0 Å². The summed E-state index contributed by atoms with van der Waals surface area (Å²) in [5, 5.41) is 7.83. The van der Waals surface area contributed by atoms with Gasteiger partial charge in [-0.1, -0.05) is 0 Å². The van der Waals surface area contributed by atoms with E-state index in [0.29, 0.717) is 0 Å². The molecule has 6 heavy (non-hydrogen) atoms. The zero-order valence-corrected chi connectivity index (χ0v) is 3.39. The van der Waals surface area contributed by atoms with E-state index in [1.54, 1.807) is 0 Å². The first-order chi connectivity index (χ1) is 2.77. The van der Waals surface area contributed by atoms with Crippen LogP contribution in [0.25, 0.3) is 0 Å². The lowest BCUT2D eigenvalue weighted by molar-refractivity contribution is 0.727. The zero-order chi connectivity index (χ0) is 4.99. The normalized spacial score (nSPS) is 8.33. The first-order valence-electron chi connectivity index (χ1n) is 1.65. The van der Waals surface area contributed by atoms with E-state index in [-0.39, 0.29) is 6.42 Å². The van der Waals surface area contributed by atoms with E-state index >= 15 is 0 Å². The van der Waals surface area contributed by atoms with Crippen molar-refractivity contribution in [2.24, 2.45) is 11.5 Å². The molecule has 0 aromatic heterocycles. The molecule has 0 radical (unpaired) electrons. The van der Waals surface area contributed by atoms with E-state index in [9.17, 15) is 0 Å². The molecule has 0 aliphatic heterocycles. The van der Waals surface area contributed by atoms with Crippen LogP contribution < -0.4 is 11.5 Å². The van der Waals surface area contributed by atoms with Gasteiger partial charge in [0, 0.05) is 0 Å². The highest BCUT2D eigenvalue weighted by molar-refractivity contribution is 4.73. The Balaban J connectivity index is 2.88. The molecule has 34 valence electrons. The highest BCUT2D eigenvalue weighted by Crippen LogP contribution is 1.69. The van der Waals surface area contributed by atoms with Crippen LogP contribution in [0.2, 0.25) is 0 Å². The van der Waals surface area contributed by atoms with Gasteiger partial charge in [-0.05, 0) is 0 Å². The maximum Gasteiger partial charge on any atom is 0.0654 e. The minimum Gasteiger partial charge on any atom is -0.315 e. The largest absolute Gasteiger partial charge is 0.315 e.